The van der Waals surface area contributed by atoms with Crippen LogP contribution in [-0.4, -0.2) is 15.7 Å². The van der Waals surface area contributed by atoms with E-state index in [0.717, 1.165) is 36.0 Å². The van der Waals surface area contributed by atoms with E-state index >= 15 is 0 Å². The van der Waals surface area contributed by atoms with E-state index < -0.39 is 5.21 Å². The van der Waals surface area contributed by atoms with Gasteiger partial charge in [-0.05, 0) is 48.9 Å². The maximum absolute atomic E-state index is 6.06. The van der Waals surface area contributed by atoms with Crippen LogP contribution in [0.25, 0.3) is 0 Å². The molecule has 3 rings (SSSR count). The summed E-state index contributed by atoms with van der Waals surface area (Å²) < 4.78 is 0. The predicted octanol–water partition coefficient (Wildman–Crippen LogP) is 2.68. The summed E-state index contributed by atoms with van der Waals surface area (Å²) in [6.45, 7) is 2.10. The Kier molecular flexibility index (Phi) is 1.76. The van der Waals surface area contributed by atoms with Crippen molar-refractivity contribution in [3.63, 3.8) is 0 Å². The van der Waals surface area contributed by atoms with Gasteiger partial charge in [-0.2, -0.15) is 0 Å². The van der Waals surface area contributed by atoms with E-state index in [1.807, 2.05) is 0 Å². The molecular formula is C12H18B2. The Morgan fingerprint density at radius 3 is 2.57 bits per heavy atom. The molecule has 0 N–H and O–H groups in total. The maximum Gasteiger partial charge on any atom is 0.0620 e. The number of rotatable bonds is 3. The van der Waals surface area contributed by atoms with E-state index in [1.165, 1.54) is 25.7 Å². The van der Waals surface area contributed by atoms with Crippen LogP contribution >= 0.6 is 0 Å². The van der Waals surface area contributed by atoms with Crippen LogP contribution in [-0.2, 0) is 0 Å². The lowest BCUT2D eigenvalue weighted by molar-refractivity contribution is 0.163. The molecule has 0 aromatic rings. The van der Waals surface area contributed by atoms with E-state index in [2.05, 4.69) is 6.92 Å². The Hall–Kier alpha value is 0.130. The van der Waals surface area contributed by atoms with Crippen LogP contribution in [0, 0.1) is 23.2 Å². The van der Waals surface area contributed by atoms with E-state index in [1.54, 1.807) is 0 Å². The van der Waals surface area contributed by atoms with Gasteiger partial charge in [0.25, 0.3) is 0 Å². The average molecular weight is 184 g/mol. The zero-order chi connectivity index (χ0) is 9.97. The molecule has 14 heavy (non-hydrogen) atoms. The highest BCUT2D eigenvalue weighted by atomic mass is 14.7. The predicted molar refractivity (Wildman–Crippen MR) is 60.5 cm³/mol. The second-order valence-corrected chi connectivity index (χ2v) is 6.07. The molecule has 1 spiro atoms. The monoisotopic (exact) mass is 184 g/mol. The lowest BCUT2D eigenvalue weighted by atomic mass is 9.49. The van der Waals surface area contributed by atoms with Crippen LogP contribution in [0.15, 0.2) is 0 Å². The van der Waals surface area contributed by atoms with E-state index in [0.29, 0.717) is 0 Å². The van der Waals surface area contributed by atoms with Gasteiger partial charge in [-0.1, -0.05) is 25.0 Å². The fraction of sp³-hybridized carbons (Fsp3) is 1.00. The summed E-state index contributed by atoms with van der Waals surface area (Å²) in [5.74, 6) is 2.93. The molecule has 0 bridgehead atoms. The van der Waals surface area contributed by atoms with Gasteiger partial charge in [0, 0.05) is 0 Å². The molecule has 0 aromatic heterocycles. The molecule has 2 heteroatoms. The van der Waals surface area contributed by atoms with E-state index in [-0.39, 0.29) is 0 Å². The van der Waals surface area contributed by atoms with Gasteiger partial charge in [0.2, 0.25) is 0 Å². The molecule has 3 saturated carbocycles. The second-order valence-electron chi connectivity index (χ2n) is 6.07. The summed E-state index contributed by atoms with van der Waals surface area (Å²) in [6, 6.07) is 0. The summed E-state index contributed by atoms with van der Waals surface area (Å²) in [6.07, 6.45) is 7.90. The van der Waals surface area contributed by atoms with Gasteiger partial charge in [-0.25, -0.2) is 0 Å². The molecule has 0 heterocycles. The largest absolute Gasteiger partial charge is 0.0989 e. The molecule has 4 atom stereocenters. The molecule has 4 unspecified atom stereocenters. The molecule has 0 aromatic carbocycles. The van der Waals surface area contributed by atoms with Crippen LogP contribution in [0.3, 0.4) is 0 Å². The molecule has 0 aliphatic heterocycles. The first-order chi connectivity index (χ1) is 6.57. The SMILES string of the molecule is [B]C([B])(CC)CC1CC2CCC23CC13. The molecule has 3 aliphatic rings. The minimum Gasteiger partial charge on any atom is -0.0989 e. The summed E-state index contributed by atoms with van der Waals surface area (Å²) in [5, 5.41) is -0.391. The molecule has 0 saturated heterocycles. The Morgan fingerprint density at radius 1 is 1.43 bits per heavy atom. The van der Waals surface area contributed by atoms with Gasteiger partial charge in [-0.3, -0.25) is 0 Å². The van der Waals surface area contributed by atoms with Crippen molar-refractivity contribution >= 4 is 15.7 Å². The van der Waals surface area contributed by atoms with E-state index in [4.69, 9.17) is 15.7 Å². The van der Waals surface area contributed by atoms with Crippen molar-refractivity contribution in [3.05, 3.63) is 0 Å². The van der Waals surface area contributed by atoms with Gasteiger partial charge >= 0.3 is 0 Å². The molecule has 0 nitrogen and oxygen atoms in total. The van der Waals surface area contributed by atoms with Crippen molar-refractivity contribution in [2.75, 3.05) is 0 Å². The summed E-state index contributed by atoms with van der Waals surface area (Å²) in [4.78, 5) is 0. The summed E-state index contributed by atoms with van der Waals surface area (Å²) in [7, 11) is 12.1. The van der Waals surface area contributed by atoms with E-state index in [9.17, 15) is 0 Å². The lowest BCUT2D eigenvalue weighted by Gasteiger charge is -2.34. The molecule has 3 fully saturated rings. The smallest absolute Gasteiger partial charge is 0.0620 e. The zero-order valence-electron chi connectivity index (χ0n) is 9.13. The van der Waals surface area contributed by atoms with Crippen LogP contribution in [0.1, 0.15) is 45.4 Å². The van der Waals surface area contributed by atoms with Crippen LogP contribution in [0.2, 0.25) is 5.21 Å². The molecule has 72 valence electrons. The topological polar surface area (TPSA) is 0 Å². The Morgan fingerprint density at radius 2 is 2.21 bits per heavy atom. The second kappa shape index (κ2) is 2.62. The summed E-state index contributed by atoms with van der Waals surface area (Å²) >= 11 is 0. The quantitative estimate of drug-likeness (QED) is 0.591. The first kappa shape index (κ1) is 9.36. The highest BCUT2D eigenvalue weighted by Crippen LogP contribution is 2.78. The van der Waals surface area contributed by atoms with Crippen molar-refractivity contribution < 1.29 is 0 Å². The highest BCUT2D eigenvalue weighted by molar-refractivity contribution is 6.39. The van der Waals surface area contributed by atoms with Crippen molar-refractivity contribution in [1.82, 2.24) is 0 Å². The molecule has 0 amide bonds. The van der Waals surface area contributed by atoms with Gasteiger partial charge in [-0.15, -0.1) is 0 Å². The normalized spacial score (nSPS) is 49.4. The van der Waals surface area contributed by atoms with Gasteiger partial charge in [0.05, 0.1) is 15.7 Å². The number of hydrogen-bond acceptors (Lipinski definition) is 0. The standard InChI is InChI=1S/C12H18B2/c1-2-12(13,14)6-8-5-9-3-4-11(9)7-10(8)11/h8-10H,2-7H2,1H3. The van der Waals surface area contributed by atoms with Crippen molar-refractivity contribution in [2.24, 2.45) is 23.2 Å². The third kappa shape index (κ3) is 1.09. The van der Waals surface area contributed by atoms with Crippen molar-refractivity contribution in [2.45, 2.75) is 50.7 Å². The molecule has 4 radical (unpaired) electrons. The molecular weight excluding hydrogens is 166 g/mol. The van der Waals surface area contributed by atoms with Gasteiger partial charge in [0.15, 0.2) is 0 Å². The Balaban J connectivity index is 1.66. The summed E-state index contributed by atoms with van der Waals surface area (Å²) in [5.41, 5.74) is 0.828. The van der Waals surface area contributed by atoms with Gasteiger partial charge in [0.1, 0.15) is 0 Å². The third-order valence-electron chi connectivity index (χ3n) is 5.41. The fourth-order valence-electron chi connectivity index (χ4n) is 4.20. The first-order valence-corrected chi connectivity index (χ1v) is 6.15. The first-order valence-electron chi connectivity index (χ1n) is 6.15. The Bertz CT molecular complexity index is 261. The minimum absolute atomic E-state index is 0.391. The number of hydrogen-bond donors (Lipinski definition) is 0. The maximum atomic E-state index is 6.06. The average Bonchev–Trinajstić information content (AvgIpc) is 2.83. The fourth-order valence-corrected chi connectivity index (χ4v) is 4.20. The van der Waals surface area contributed by atoms with Crippen LogP contribution in [0.5, 0.6) is 0 Å². The lowest BCUT2D eigenvalue weighted by Crippen LogP contribution is -2.24. The minimum atomic E-state index is -0.391. The highest BCUT2D eigenvalue weighted by Gasteiger charge is 2.70. The Labute approximate surface area is 90.0 Å². The van der Waals surface area contributed by atoms with Crippen molar-refractivity contribution in [3.8, 4) is 0 Å². The van der Waals surface area contributed by atoms with Crippen LogP contribution in [0.4, 0.5) is 0 Å². The van der Waals surface area contributed by atoms with Crippen molar-refractivity contribution in [1.29, 1.82) is 0 Å². The zero-order valence-corrected chi connectivity index (χ0v) is 9.13. The molecule has 3 aliphatic carbocycles. The van der Waals surface area contributed by atoms with Crippen LogP contribution < -0.4 is 0 Å². The third-order valence-corrected chi connectivity index (χ3v) is 5.41. The van der Waals surface area contributed by atoms with Gasteiger partial charge < -0.3 is 0 Å².